The summed E-state index contributed by atoms with van der Waals surface area (Å²) in [7, 11) is 0. The van der Waals surface area contributed by atoms with Crippen molar-refractivity contribution in [2.45, 2.75) is 57.7 Å². The Morgan fingerprint density at radius 2 is 1.96 bits per heavy atom. The van der Waals surface area contributed by atoms with Crippen LogP contribution < -0.4 is 5.32 Å². The molecule has 3 fully saturated rings. The minimum atomic E-state index is 0.154. The monoisotopic (exact) mass is 371 g/mol. The SMILES string of the molecule is Cc1ccccc1CN1CCC(NC(=O)N(CC2CCOC2)C2CC2)CC1. The van der Waals surface area contributed by atoms with Crippen molar-refractivity contribution < 1.29 is 9.53 Å². The molecule has 5 heteroatoms. The number of nitrogens with zero attached hydrogens (tertiary/aromatic N) is 2. The molecule has 5 nitrogen and oxygen atoms in total. The van der Waals surface area contributed by atoms with Crippen LogP contribution in [0.2, 0.25) is 0 Å². The average Bonchev–Trinajstić information content (AvgIpc) is 3.38. The van der Waals surface area contributed by atoms with E-state index in [4.69, 9.17) is 4.74 Å². The van der Waals surface area contributed by atoms with Crippen LogP contribution in [0.25, 0.3) is 0 Å². The largest absolute Gasteiger partial charge is 0.381 e. The summed E-state index contributed by atoms with van der Waals surface area (Å²) >= 11 is 0. The Hall–Kier alpha value is -1.59. The summed E-state index contributed by atoms with van der Waals surface area (Å²) < 4.78 is 5.49. The van der Waals surface area contributed by atoms with Gasteiger partial charge < -0.3 is 15.0 Å². The quantitative estimate of drug-likeness (QED) is 0.835. The third-order valence-corrected chi connectivity index (χ3v) is 6.30. The lowest BCUT2D eigenvalue weighted by molar-refractivity contribution is 0.151. The van der Waals surface area contributed by atoms with Gasteiger partial charge in [0.05, 0.1) is 6.61 Å². The van der Waals surface area contributed by atoms with Crippen molar-refractivity contribution in [2.75, 3.05) is 32.8 Å². The van der Waals surface area contributed by atoms with E-state index >= 15 is 0 Å². The van der Waals surface area contributed by atoms with Crippen LogP contribution in [0.15, 0.2) is 24.3 Å². The Kier molecular flexibility index (Phi) is 5.98. The van der Waals surface area contributed by atoms with E-state index in [-0.39, 0.29) is 6.03 Å². The number of amides is 2. The second-order valence-electron chi connectivity index (χ2n) is 8.54. The number of aryl methyl sites for hydroxylation is 1. The predicted octanol–water partition coefficient (Wildman–Crippen LogP) is 3.17. The first-order chi connectivity index (χ1) is 13.2. The molecule has 0 aromatic heterocycles. The number of hydrogen-bond acceptors (Lipinski definition) is 3. The van der Waals surface area contributed by atoms with Crippen molar-refractivity contribution in [1.82, 2.24) is 15.1 Å². The number of benzene rings is 1. The molecule has 0 radical (unpaired) electrons. The summed E-state index contributed by atoms with van der Waals surface area (Å²) in [5.41, 5.74) is 2.78. The number of carbonyl (C=O) groups excluding carboxylic acids is 1. The van der Waals surface area contributed by atoms with Gasteiger partial charge in [0, 0.05) is 50.8 Å². The molecule has 1 atom stereocenters. The Morgan fingerprint density at radius 1 is 1.19 bits per heavy atom. The zero-order chi connectivity index (χ0) is 18.6. The first kappa shape index (κ1) is 18.8. The second-order valence-corrected chi connectivity index (χ2v) is 8.54. The van der Waals surface area contributed by atoms with Crippen LogP contribution in [-0.2, 0) is 11.3 Å². The molecule has 1 unspecified atom stereocenters. The van der Waals surface area contributed by atoms with E-state index in [0.717, 1.165) is 71.5 Å². The number of rotatable bonds is 6. The van der Waals surface area contributed by atoms with Crippen molar-refractivity contribution in [1.29, 1.82) is 0 Å². The minimum absolute atomic E-state index is 0.154. The van der Waals surface area contributed by atoms with Crippen molar-refractivity contribution in [3.8, 4) is 0 Å². The van der Waals surface area contributed by atoms with Gasteiger partial charge in [-0.3, -0.25) is 4.90 Å². The van der Waals surface area contributed by atoms with E-state index in [0.29, 0.717) is 18.0 Å². The summed E-state index contributed by atoms with van der Waals surface area (Å²) in [6.45, 7) is 7.84. The molecule has 1 aromatic carbocycles. The normalized spacial score (nSPS) is 24.1. The molecule has 1 aliphatic carbocycles. The number of ether oxygens (including phenoxy) is 1. The van der Waals surface area contributed by atoms with Crippen LogP contribution in [0.1, 0.15) is 43.2 Å². The number of piperidine rings is 1. The van der Waals surface area contributed by atoms with E-state index in [1.807, 2.05) is 0 Å². The van der Waals surface area contributed by atoms with E-state index in [1.165, 1.54) is 11.1 Å². The Balaban J connectivity index is 1.24. The maximum Gasteiger partial charge on any atom is 0.317 e. The Labute approximate surface area is 163 Å². The number of hydrogen-bond donors (Lipinski definition) is 1. The third kappa shape index (κ3) is 5.02. The molecule has 1 aromatic rings. The molecule has 2 heterocycles. The Morgan fingerprint density at radius 3 is 2.63 bits per heavy atom. The fourth-order valence-corrected chi connectivity index (χ4v) is 4.31. The molecule has 2 aliphatic heterocycles. The lowest BCUT2D eigenvalue weighted by atomic mass is 10.0. The van der Waals surface area contributed by atoms with Crippen LogP contribution in [0.3, 0.4) is 0 Å². The highest BCUT2D eigenvalue weighted by molar-refractivity contribution is 5.75. The van der Waals surface area contributed by atoms with E-state index in [1.54, 1.807) is 0 Å². The summed E-state index contributed by atoms with van der Waals surface area (Å²) in [6, 6.07) is 9.56. The number of nitrogens with one attached hydrogen (secondary N) is 1. The lowest BCUT2D eigenvalue weighted by Crippen LogP contribution is -2.50. The molecule has 1 N–H and O–H groups in total. The first-order valence-corrected chi connectivity index (χ1v) is 10.6. The molecule has 2 saturated heterocycles. The van der Waals surface area contributed by atoms with E-state index in [9.17, 15) is 4.79 Å². The average molecular weight is 372 g/mol. The van der Waals surface area contributed by atoms with Gasteiger partial charge in [-0.25, -0.2) is 4.79 Å². The van der Waals surface area contributed by atoms with Gasteiger partial charge in [0.25, 0.3) is 0 Å². The highest BCUT2D eigenvalue weighted by atomic mass is 16.5. The van der Waals surface area contributed by atoms with E-state index < -0.39 is 0 Å². The summed E-state index contributed by atoms with van der Waals surface area (Å²) in [5.74, 6) is 0.521. The standard InChI is InChI=1S/C22H33N3O2/c1-17-4-2-3-5-19(17)15-24-11-8-20(9-12-24)23-22(26)25(21-6-7-21)14-18-10-13-27-16-18/h2-5,18,20-21H,6-16H2,1H3,(H,23,26). The van der Waals surface area contributed by atoms with Gasteiger partial charge in [0.2, 0.25) is 0 Å². The van der Waals surface area contributed by atoms with Gasteiger partial charge in [-0.05, 0) is 50.2 Å². The molecule has 148 valence electrons. The van der Waals surface area contributed by atoms with Crippen LogP contribution in [0.5, 0.6) is 0 Å². The molecule has 4 rings (SSSR count). The fourth-order valence-electron chi connectivity index (χ4n) is 4.31. The van der Waals surface area contributed by atoms with Gasteiger partial charge >= 0.3 is 6.03 Å². The molecule has 1 saturated carbocycles. The number of urea groups is 1. The maximum absolute atomic E-state index is 12.9. The smallest absolute Gasteiger partial charge is 0.317 e. The van der Waals surface area contributed by atoms with Gasteiger partial charge in [0.15, 0.2) is 0 Å². The molecular weight excluding hydrogens is 338 g/mol. The summed E-state index contributed by atoms with van der Waals surface area (Å²) in [4.78, 5) is 17.5. The number of carbonyl (C=O) groups is 1. The fraction of sp³-hybridized carbons (Fsp3) is 0.682. The van der Waals surface area contributed by atoms with Crippen molar-refractivity contribution in [3.05, 3.63) is 35.4 Å². The highest BCUT2D eigenvalue weighted by Crippen LogP contribution is 2.29. The highest BCUT2D eigenvalue weighted by Gasteiger charge is 2.35. The molecular formula is C22H33N3O2. The predicted molar refractivity (Wildman–Crippen MR) is 107 cm³/mol. The van der Waals surface area contributed by atoms with Gasteiger partial charge in [-0.2, -0.15) is 0 Å². The first-order valence-electron chi connectivity index (χ1n) is 10.6. The molecule has 27 heavy (non-hydrogen) atoms. The topological polar surface area (TPSA) is 44.8 Å². The van der Waals surface area contributed by atoms with Crippen molar-refractivity contribution in [3.63, 3.8) is 0 Å². The molecule has 0 bridgehead atoms. The van der Waals surface area contributed by atoms with Gasteiger partial charge in [0.1, 0.15) is 0 Å². The van der Waals surface area contributed by atoms with Gasteiger partial charge in [-0.15, -0.1) is 0 Å². The maximum atomic E-state index is 12.9. The summed E-state index contributed by atoms with van der Waals surface area (Å²) in [6.07, 6.45) is 5.50. The summed E-state index contributed by atoms with van der Waals surface area (Å²) in [5, 5.41) is 3.33. The van der Waals surface area contributed by atoms with Gasteiger partial charge in [-0.1, -0.05) is 24.3 Å². The molecule has 0 spiro atoms. The van der Waals surface area contributed by atoms with Crippen LogP contribution in [0.4, 0.5) is 4.79 Å². The van der Waals surface area contributed by atoms with Crippen LogP contribution in [0, 0.1) is 12.8 Å². The van der Waals surface area contributed by atoms with Crippen LogP contribution in [-0.4, -0.2) is 60.8 Å². The zero-order valence-electron chi connectivity index (χ0n) is 16.5. The number of likely N-dealkylation sites (tertiary alicyclic amines) is 1. The zero-order valence-corrected chi connectivity index (χ0v) is 16.5. The van der Waals surface area contributed by atoms with Crippen molar-refractivity contribution in [2.24, 2.45) is 5.92 Å². The second kappa shape index (κ2) is 8.61. The Bertz CT molecular complexity index is 632. The lowest BCUT2D eigenvalue weighted by Gasteiger charge is -2.34. The van der Waals surface area contributed by atoms with Crippen LogP contribution >= 0.6 is 0 Å². The third-order valence-electron chi connectivity index (χ3n) is 6.30. The molecule has 3 aliphatic rings. The van der Waals surface area contributed by atoms with E-state index in [2.05, 4.69) is 46.3 Å². The minimum Gasteiger partial charge on any atom is -0.381 e. The molecule has 2 amide bonds. The van der Waals surface area contributed by atoms with Crippen molar-refractivity contribution >= 4 is 6.03 Å².